The zero-order chi connectivity index (χ0) is 17.5. The summed E-state index contributed by atoms with van der Waals surface area (Å²) in [7, 11) is 7.74. The first-order chi connectivity index (χ1) is 10.7. The first-order valence-corrected chi connectivity index (χ1v) is 6.95. The third-order valence-electron chi connectivity index (χ3n) is 2.94. The van der Waals surface area contributed by atoms with Crippen molar-refractivity contribution in [3.63, 3.8) is 0 Å². The lowest BCUT2D eigenvalue weighted by molar-refractivity contribution is -0.242. The van der Waals surface area contributed by atoms with Crippen LogP contribution in [0.15, 0.2) is 48.5 Å². The number of quaternary nitrogens is 1. The highest BCUT2D eigenvalue weighted by Crippen LogP contribution is 2.21. The molecule has 0 saturated carbocycles. The number of hydrogen-bond donors (Lipinski definition) is 2. The molecule has 0 heterocycles. The maximum absolute atomic E-state index is 10.1. The van der Waals surface area contributed by atoms with E-state index in [1.54, 1.807) is 43.5 Å². The number of phenolic OH excluding ortho intramolecular Hbond substituents is 1. The van der Waals surface area contributed by atoms with Crippen LogP contribution in [-0.4, -0.2) is 39.5 Å². The van der Waals surface area contributed by atoms with Gasteiger partial charge >= 0.3 is 0 Å². The van der Waals surface area contributed by atoms with Crippen molar-refractivity contribution in [1.82, 2.24) is 4.48 Å². The minimum absolute atomic E-state index is 0. The molecule has 0 radical (unpaired) electrons. The highest BCUT2D eigenvalue weighted by Gasteiger charge is 2.11. The SMILES string of the molecule is COc1ccc(NC(=O)[O-])cc1.C[N+](C)(C)c1cccc(O)c1.I. The van der Waals surface area contributed by atoms with E-state index in [2.05, 4.69) is 26.5 Å². The largest absolute Gasteiger partial charge is 0.530 e. The summed E-state index contributed by atoms with van der Waals surface area (Å²) in [4.78, 5) is 10.1. The number of nitrogens with one attached hydrogen (secondary N) is 1. The molecule has 6 nitrogen and oxygen atoms in total. The molecule has 2 aromatic rings. The van der Waals surface area contributed by atoms with Crippen LogP contribution in [0, 0.1) is 0 Å². The Bertz CT molecular complexity index is 640. The smallest absolute Gasteiger partial charge is 0.138 e. The van der Waals surface area contributed by atoms with E-state index in [0.717, 1.165) is 10.2 Å². The van der Waals surface area contributed by atoms with Gasteiger partial charge in [0.15, 0.2) is 0 Å². The van der Waals surface area contributed by atoms with E-state index in [-0.39, 0.29) is 24.0 Å². The molecule has 0 fully saturated rings. The molecule has 0 aliphatic carbocycles. The summed E-state index contributed by atoms with van der Waals surface area (Å²) in [6.45, 7) is 0. The number of anilines is 1. The van der Waals surface area contributed by atoms with Gasteiger partial charge in [-0.25, -0.2) is 0 Å². The maximum Gasteiger partial charge on any atom is 0.138 e. The summed E-state index contributed by atoms with van der Waals surface area (Å²) in [6.07, 6.45) is -1.32. The van der Waals surface area contributed by atoms with Crippen LogP contribution in [0.25, 0.3) is 0 Å². The van der Waals surface area contributed by atoms with Gasteiger partial charge in [0.1, 0.15) is 23.3 Å². The topological polar surface area (TPSA) is 81.6 Å². The minimum Gasteiger partial charge on any atom is -0.530 e. The van der Waals surface area contributed by atoms with E-state index >= 15 is 0 Å². The number of amides is 1. The van der Waals surface area contributed by atoms with Gasteiger partial charge in [-0.05, 0) is 36.4 Å². The number of rotatable bonds is 3. The minimum atomic E-state index is -1.32. The number of benzene rings is 2. The second-order valence-electron chi connectivity index (χ2n) is 5.67. The molecule has 24 heavy (non-hydrogen) atoms. The summed E-state index contributed by atoms with van der Waals surface area (Å²) in [5.41, 5.74) is 1.57. The summed E-state index contributed by atoms with van der Waals surface area (Å²) in [6, 6.07) is 13.8. The predicted molar refractivity (Wildman–Crippen MR) is 105 cm³/mol. The van der Waals surface area contributed by atoms with Crippen LogP contribution in [0.5, 0.6) is 11.5 Å². The molecule has 0 unspecified atom stereocenters. The highest BCUT2D eigenvalue weighted by atomic mass is 127. The summed E-state index contributed by atoms with van der Waals surface area (Å²) < 4.78 is 5.61. The molecule has 2 aromatic carbocycles. The van der Waals surface area contributed by atoms with Crippen LogP contribution in [0.2, 0.25) is 0 Å². The first-order valence-electron chi connectivity index (χ1n) is 6.95. The van der Waals surface area contributed by atoms with E-state index in [4.69, 9.17) is 9.84 Å². The Morgan fingerprint density at radius 3 is 2.08 bits per heavy atom. The van der Waals surface area contributed by atoms with Gasteiger partial charge in [0.25, 0.3) is 0 Å². The maximum atomic E-state index is 10.1. The number of nitrogens with zero attached hydrogens (tertiary/aromatic N) is 1. The van der Waals surface area contributed by atoms with Crippen molar-refractivity contribution >= 4 is 41.4 Å². The molecule has 7 heteroatoms. The molecule has 0 saturated heterocycles. The number of ether oxygens (including phenoxy) is 1. The molecule has 2 rings (SSSR count). The number of carbonyl (C=O) groups excluding carboxylic acids is 1. The van der Waals surface area contributed by atoms with E-state index in [1.807, 2.05) is 12.1 Å². The number of halogens is 1. The van der Waals surface area contributed by atoms with Crippen molar-refractivity contribution in [1.29, 1.82) is 0 Å². The normalized spacial score (nSPS) is 9.83. The van der Waals surface area contributed by atoms with Crippen molar-refractivity contribution in [2.45, 2.75) is 0 Å². The summed E-state index contributed by atoms with van der Waals surface area (Å²) in [5, 5.41) is 21.3. The Hall–Kier alpha value is -2.00. The molecule has 1 amide bonds. The standard InChI is InChI=1S/C9H13NO.C8H9NO3.HI/c1-10(2,3)8-5-4-6-9(11)7-8;1-12-7-4-2-6(3-5-7)9-8(10)11;/h4-7H,1-3H3;2-5,9H,1H3,(H,10,11);1H. The van der Waals surface area contributed by atoms with Gasteiger partial charge in [-0.2, -0.15) is 0 Å². The fourth-order valence-corrected chi connectivity index (χ4v) is 1.70. The van der Waals surface area contributed by atoms with Gasteiger partial charge in [0.05, 0.1) is 28.3 Å². The van der Waals surface area contributed by atoms with Crippen LogP contribution in [0.1, 0.15) is 0 Å². The molecule has 2 N–H and O–H groups in total. The van der Waals surface area contributed by atoms with E-state index in [1.165, 1.54) is 0 Å². The van der Waals surface area contributed by atoms with Crippen LogP contribution < -0.4 is 19.6 Å². The molecule has 0 aromatic heterocycles. The fourth-order valence-electron chi connectivity index (χ4n) is 1.70. The summed E-state index contributed by atoms with van der Waals surface area (Å²) >= 11 is 0. The number of methoxy groups -OCH3 is 1. The Kier molecular flexibility index (Phi) is 9.16. The lowest BCUT2D eigenvalue weighted by Gasteiger charge is -2.23. The summed E-state index contributed by atoms with van der Waals surface area (Å²) in [5.74, 6) is 1.01. The lowest BCUT2D eigenvalue weighted by Crippen LogP contribution is -2.34. The Labute approximate surface area is 159 Å². The zero-order valence-corrected chi connectivity index (χ0v) is 16.5. The van der Waals surface area contributed by atoms with Crippen molar-refractivity contribution in [3.05, 3.63) is 48.5 Å². The quantitative estimate of drug-likeness (QED) is 0.561. The number of carboxylic acid groups (broad SMARTS) is 1. The fraction of sp³-hybridized carbons (Fsp3) is 0.235. The van der Waals surface area contributed by atoms with Crippen molar-refractivity contribution < 1.29 is 19.7 Å². The molecule has 0 atom stereocenters. The zero-order valence-electron chi connectivity index (χ0n) is 14.1. The van der Waals surface area contributed by atoms with Gasteiger partial charge in [-0.3, -0.25) is 4.48 Å². The number of phenols is 1. The van der Waals surface area contributed by atoms with Gasteiger partial charge < -0.3 is 25.1 Å². The van der Waals surface area contributed by atoms with Crippen LogP contribution >= 0.6 is 24.0 Å². The second kappa shape index (κ2) is 9.99. The molecule has 0 aliphatic heterocycles. The molecule has 0 spiro atoms. The lowest BCUT2D eigenvalue weighted by atomic mass is 10.2. The highest BCUT2D eigenvalue weighted by molar-refractivity contribution is 14.0. The third-order valence-corrected chi connectivity index (χ3v) is 2.94. The Balaban J connectivity index is 0.000000425. The average Bonchev–Trinajstić information content (AvgIpc) is 2.47. The van der Waals surface area contributed by atoms with Gasteiger partial charge in [0, 0.05) is 11.8 Å². The van der Waals surface area contributed by atoms with Gasteiger partial charge in [0.2, 0.25) is 0 Å². The third kappa shape index (κ3) is 8.02. The predicted octanol–water partition coefficient (Wildman–Crippen LogP) is 2.66. The molecule has 0 bridgehead atoms. The molecular formula is C17H23IN2O4. The van der Waals surface area contributed by atoms with Gasteiger partial charge in [-0.15, -0.1) is 24.0 Å². The van der Waals surface area contributed by atoms with Crippen LogP contribution in [0.3, 0.4) is 0 Å². The van der Waals surface area contributed by atoms with E-state index in [9.17, 15) is 9.90 Å². The van der Waals surface area contributed by atoms with E-state index < -0.39 is 6.09 Å². The van der Waals surface area contributed by atoms with Crippen molar-refractivity contribution in [3.8, 4) is 11.5 Å². The average molecular weight is 446 g/mol. The molecule has 132 valence electrons. The van der Waals surface area contributed by atoms with Crippen molar-refractivity contribution in [2.75, 3.05) is 33.6 Å². The Morgan fingerprint density at radius 2 is 1.71 bits per heavy atom. The Morgan fingerprint density at radius 1 is 1.12 bits per heavy atom. The number of carbonyl (C=O) groups is 1. The van der Waals surface area contributed by atoms with E-state index in [0.29, 0.717) is 17.2 Å². The van der Waals surface area contributed by atoms with Crippen molar-refractivity contribution in [2.24, 2.45) is 0 Å². The molecule has 0 aliphatic rings. The second-order valence-corrected chi connectivity index (χ2v) is 5.67. The van der Waals surface area contributed by atoms with Crippen LogP contribution in [0.4, 0.5) is 16.2 Å². The van der Waals surface area contributed by atoms with Crippen LogP contribution in [-0.2, 0) is 0 Å². The van der Waals surface area contributed by atoms with Gasteiger partial charge in [-0.1, -0.05) is 6.07 Å². The molecular weight excluding hydrogens is 423 g/mol. The first kappa shape index (κ1) is 22.0. The number of aromatic hydroxyl groups is 1. The monoisotopic (exact) mass is 446 g/mol. The number of hydrogen-bond acceptors (Lipinski definition) is 4.